The second kappa shape index (κ2) is 7.86. The molecule has 0 bridgehead atoms. The Labute approximate surface area is 153 Å². The quantitative estimate of drug-likeness (QED) is 0.624. The van der Waals surface area contributed by atoms with E-state index in [4.69, 9.17) is 10.00 Å². The molecule has 0 radical (unpaired) electrons. The van der Waals surface area contributed by atoms with Gasteiger partial charge in [0, 0.05) is 0 Å². The van der Waals surface area contributed by atoms with Gasteiger partial charge in [0.25, 0.3) is 0 Å². The van der Waals surface area contributed by atoms with E-state index in [1.807, 2.05) is 18.2 Å². The van der Waals surface area contributed by atoms with Gasteiger partial charge in [-0.1, -0.05) is 25.5 Å². The van der Waals surface area contributed by atoms with Gasteiger partial charge in [0.15, 0.2) is 0 Å². The fourth-order valence-electron chi connectivity index (χ4n) is 3.66. The zero-order valence-electron chi connectivity index (χ0n) is 14.9. The summed E-state index contributed by atoms with van der Waals surface area (Å²) < 4.78 is 33.7. The highest BCUT2D eigenvalue weighted by atomic mass is 19.3. The predicted molar refractivity (Wildman–Crippen MR) is 97.1 cm³/mol. The predicted octanol–water partition coefficient (Wildman–Crippen LogP) is 6.37. The molecule has 0 atom stereocenters. The Balaban J connectivity index is 1.67. The Morgan fingerprint density at radius 2 is 1.62 bits per heavy atom. The summed E-state index contributed by atoms with van der Waals surface area (Å²) in [4.78, 5) is 0. The molecule has 0 aliphatic heterocycles. The molecule has 0 amide bonds. The molecule has 0 aromatic heterocycles. The number of halogens is 2. The number of alkyl halides is 2. The number of nitriles is 1. The van der Waals surface area contributed by atoms with Gasteiger partial charge in [-0.05, 0) is 79.5 Å². The van der Waals surface area contributed by atoms with Gasteiger partial charge in [-0.15, -0.1) is 0 Å². The van der Waals surface area contributed by atoms with Gasteiger partial charge >= 0.3 is 6.11 Å². The van der Waals surface area contributed by atoms with Crippen LogP contribution in [0, 0.1) is 17.2 Å². The molecule has 2 nitrogen and oxygen atoms in total. The standard InChI is InChI=1S/C22H23F2NO/c1-2-16-3-7-18(8-4-16)19-9-11-20(12-10-19)22(23,24)26-21-13-5-17(15-25)6-14-21/h5-6,9-14,16,18H,2-4,7-8H2,1H3. The van der Waals surface area contributed by atoms with E-state index in [0.717, 1.165) is 24.3 Å². The van der Waals surface area contributed by atoms with Crippen LogP contribution in [0.3, 0.4) is 0 Å². The van der Waals surface area contributed by atoms with Gasteiger partial charge in [0.1, 0.15) is 5.75 Å². The van der Waals surface area contributed by atoms with Gasteiger partial charge in [0.2, 0.25) is 0 Å². The summed E-state index contributed by atoms with van der Waals surface area (Å²) in [6, 6.07) is 14.2. The Hall–Kier alpha value is -2.41. The van der Waals surface area contributed by atoms with E-state index in [1.165, 1.54) is 55.7 Å². The molecule has 0 heterocycles. The van der Waals surface area contributed by atoms with E-state index in [1.54, 1.807) is 0 Å². The third kappa shape index (κ3) is 4.22. The van der Waals surface area contributed by atoms with E-state index in [9.17, 15) is 8.78 Å². The van der Waals surface area contributed by atoms with Crippen molar-refractivity contribution in [2.75, 3.05) is 0 Å². The van der Waals surface area contributed by atoms with Crippen molar-refractivity contribution in [3.8, 4) is 11.8 Å². The number of benzene rings is 2. The Bertz CT molecular complexity index is 754. The van der Waals surface area contributed by atoms with Crippen LogP contribution in [0.15, 0.2) is 48.5 Å². The van der Waals surface area contributed by atoms with Crippen LogP contribution in [-0.2, 0) is 6.11 Å². The first-order valence-electron chi connectivity index (χ1n) is 9.19. The maximum atomic E-state index is 14.4. The number of nitrogens with zero attached hydrogens (tertiary/aromatic N) is 1. The van der Waals surface area contributed by atoms with E-state index in [-0.39, 0.29) is 11.3 Å². The van der Waals surface area contributed by atoms with Crippen LogP contribution in [0.4, 0.5) is 8.78 Å². The van der Waals surface area contributed by atoms with Gasteiger partial charge in [-0.25, -0.2) is 0 Å². The van der Waals surface area contributed by atoms with Crippen molar-refractivity contribution in [2.45, 2.75) is 51.1 Å². The second-order valence-electron chi connectivity index (χ2n) is 7.00. The van der Waals surface area contributed by atoms with Crippen molar-refractivity contribution in [2.24, 2.45) is 5.92 Å². The molecule has 0 saturated heterocycles. The number of ether oxygens (including phenoxy) is 1. The normalized spacial score (nSPS) is 20.4. The van der Waals surface area contributed by atoms with E-state index < -0.39 is 6.11 Å². The lowest BCUT2D eigenvalue weighted by atomic mass is 9.78. The molecule has 4 heteroatoms. The zero-order chi connectivity index (χ0) is 18.6. The fourth-order valence-corrected chi connectivity index (χ4v) is 3.66. The maximum absolute atomic E-state index is 14.4. The van der Waals surface area contributed by atoms with Crippen molar-refractivity contribution in [3.05, 3.63) is 65.2 Å². The molecule has 0 N–H and O–H groups in total. The third-order valence-corrected chi connectivity index (χ3v) is 5.37. The molecule has 1 saturated carbocycles. The van der Waals surface area contributed by atoms with Crippen LogP contribution < -0.4 is 4.74 Å². The van der Waals surface area contributed by atoms with Crippen LogP contribution in [-0.4, -0.2) is 0 Å². The monoisotopic (exact) mass is 355 g/mol. The van der Waals surface area contributed by atoms with Gasteiger partial charge < -0.3 is 4.74 Å². The highest BCUT2D eigenvalue weighted by Gasteiger charge is 2.34. The van der Waals surface area contributed by atoms with Gasteiger partial charge in [0.05, 0.1) is 17.2 Å². The van der Waals surface area contributed by atoms with Crippen molar-refractivity contribution in [3.63, 3.8) is 0 Å². The van der Waals surface area contributed by atoms with E-state index in [2.05, 4.69) is 6.92 Å². The molecule has 0 unspecified atom stereocenters. The lowest BCUT2D eigenvalue weighted by molar-refractivity contribution is -0.185. The molecular formula is C22H23F2NO. The summed E-state index contributed by atoms with van der Waals surface area (Å²) in [5.74, 6) is 1.33. The van der Waals surface area contributed by atoms with Gasteiger partial charge in [-0.3, -0.25) is 0 Å². The minimum atomic E-state index is -3.41. The average Bonchev–Trinajstić information content (AvgIpc) is 2.68. The molecule has 3 rings (SSSR count). The number of rotatable bonds is 5. The summed E-state index contributed by atoms with van der Waals surface area (Å²) in [6.45, 7) is 2.23. The van der Waals surface area contributed by atoms with Gasteiger partial charge in [-0.2, -0.15) is 14.0 Å². The maximum Gasteiger partial charge on any atom is 0.426 e. The van der Waals surface area contributed by atoms with Crippen molar-refractivity contribution in [1.82, 2.24) is 0 Å². The first-order chi connectivity index (χ1) is 12.5. The molecule has 2 aromatic carbocycles. The Morgan fingerprint density at radius 1 is 1.00 bits per heavy atom. The fraction of sp³-hybridized carbons (Fsp3) is 0.409. The summed E-state index contributed by atoms with van der Waals surface area (Å²) in [5, 5.41) is 8.76. The molecule has 26 heavy (non-hydrogen) atoms. The Kier molecular flexibility index (Phi) is 5.56. The van der Waals surface area contributed by atoms with Crippen molar-refractivity contribution in [1.29, 1.82) is 5.26 Å². The molecule has 136 valence electrons. The van der Waals surface area contributed by atoms with E-state index in [0.29, 0.717) is 11.5 Å². The molecule has 2 aromatic rings. The molecule has 0 spiro atoms. The zero-order valence-corrected chi connectivity index (χ0v) is 14.9. The highest BCUT2D eigenvalue weighted by Crippen LogP contribution is 2.38. The summed E-state index contributed by atoms with van der Waals surface area (Å²) in [6.07, 6.45) is 2.53. The minimum Gasteiger partial charge on any atom is -0.429 e. The lowest BCUT2D eigenvalue weighted by Gasteiger charge is -2.28. The molecule has 1 aliphatic carbocycles. The first-order valence-corrected chi connectivity index (χ1v) is 9.19. The second-order valence-corrected chi connectivity index (χ2v) is 7.00. The third-order valence-electron chi connectivity index (χ3n) is 5.37. The smallest absolute Gasteiger partial charge is 0.426 e. The summed E-state index contributed by atoms with van der Waals surface area (Å²) in [7, 11) is 0. The van der Waals surface area contributed by atoms with Crippen molar-refractivity contribution >= 4 is 0 Å². The van der Waals surface area contributed by atoms with Crippen molar-refractivity contribution < 1.29 is 13.5 Å². The molecule has 1 fully saturated rings. The number of hydrogen-bond acceptors (Lipinski definition) is 2. The minimum absolute atomic E-state index is 0.0379. The first kappa shape index (κ1) is 18.4. The molecule has 1 aliphatic rings. The lowest BCUT2D eigenvalue weighted by Crippen LogP contribution is -2.22. The number of hydrogen-bond donors (Lipinski definition) is 0. The summed E-state index contributed by atoms with van der Waals surface area (Å²) >= 11 is 0. The van der Waals surface area contributed by atoms with E-state index >= 15 is 0 Å². The van der Waals surface area contributed by atoms with Crippen LogP contribution in [0.25, 0.3) is 0 Å². The van der Waals surface area contributed by atoms with Crippen LogP contribution in [0.5, 0.6) is 5.75 Å². The SMILES string of the molecule is CCC1CCC(c2ccc(C(F)(F)Oc3ccc(C#N)cc3)cc2)CC1. The van der Waals surface area contributed by atoms with Crippen LogP contribution in [0.1, 0.15) is 61.6 Å². The van der Waals surface area contributed by atoms with Crippen LogP contribution in [0.2, 0.25) is 0 Å². The van der Waals surface area contributed by atoms with Crippen LogP contribution >= 0.6 is 0 Å². The average molecular weight is 355 g/mol. The molecular weight excluding hydrogens is 332 g/mol. The summed E-state index contributed by atoms with van der Waals surface area (Å²) in [5.41, 5.74) is 1.38. The largest absolute Gasteiger partial charge is 0.429 e. The highest BCUT2D eigenvalue weighted by molar-refractivity contribution is 5.35. The topological polar surface area (TPSA) is 33.0 Å². The Morgan fingerprint density at radius 3 is 2.15 bits per heavy atom.